The van der Waals surface area contributed by atoms with Crippen LogP contribution in [-0.4, -0.2) is 37.2 Å². The summed E-state index contributed by atoms with van der Waals surface area (Å²) in [4.78, 5) is 37.9. The minimum absolute atomic E-state index is 0.0950. The molecule has 62 heavy (non-hydrogen) atoms. The topological polar surface area (TPSA) is 78.9 Å². The Morgan fingerprint density at radius 3 is 1.02 bits per heavy atom. The number of unbranched alkanes of at least 4 members (excludes halogenated alkanes) is 27. The third-order valence-corrected chi connectivity index (χ3v) is 11.1. The lowest BCUT2D eigenvalue weighted by atomic mass is 10.0. The second kappa shape index (κ2) is 50.5. The predicted molar refractivity (Wildman–Crippen MR) is 265 cm³/mol. The number of hydrogen-bond donors (Lipinski definition) is 0. The zero-order chi connectivity index (χ0) is 45.1. The van der Waals surface area contributed by atoms with Crippen molar-refractivity contribution in [2.24, 2.45) is 0 Å². The summed E-state index contributed by atoms with van der Waals surface area (Å²) in [6.07, 6.45) is 63.1. The first-order valence-electron chi connectivity index (χ1n) is 26.0. The van der Waals surface area contributed by atoms with Gasteiger partial charge in [-0.2, -0.15) is 0 Å². The summed E-state index contributed by atoms with van der Waals surface area (Å²) in [5.41, 5.74) is 0. The van der Waals surface area contributed by atoms with E-state index in [1.165, 1.54) is 109 Å². The van der Waals surface area contributed by atoms with Crippen LogP contribution in [0.15, 0.2) is 72.9 Å². The third-order valence-electron chi connectivity index (χ3n) is 11.1. The molecule has 1 atom stereocenters. The zero-order valence-electron chi connectivity index (χ0n) is 40.6. The van der Waals surface area contributed by atoms with Gasteiger partial charge in [0.25, 0.3) is 0 Å². The van der Waals surface area contributed by atoms with Crippen LogP contribution in [0.25, 0.3) is 0 Å². The minimum Gasteiger partial charge on any atom is -0.462 e. The molecule has 6 heteroatoms. The largest absolute Gasteiger partial charge is 0.462 e. The Bertz CT molecular complexity index is 1180. The molecule has 356 valence electrons. The van der Waals surface area contributed by atoms with Crippen LogP contribution in [-0.2, 0) is 28.6 Å². The smallest absolute Gasteiger partial charge is 0.306 e. The fourth-order valence-electron chi connectivity index (χ4n) is 7.08. The third kappa shape index (κ3) is 47.9. The van der Waals surface area contributed by atoms with Crippen molar-refractivity contribution in [1.29, 1.82) is 0 Å². The van der Waals surface area contributed by atoms with Crippen molar-refractivity contribution in [2.45, 2.75) is 252 Å². The molecule has 0 amide bonds. The highest BCUT2D eigenvalue weighted by molar-refractivity contribution is 5.71. The number of hydrogen-bond acceptors (Lipinski definition) is 6. The van der Waals surface area contributed by atoms with Crippen molar-refractivity contribution in [3.8, 4) is 0 Å². The Morgan fingerprint density at radius 2 is 0.597 bits per heavy atom. The summed E-state index contributed by atoms with van der Waals surface area (Å²) in [6.45, 7) is 6.51. The van der Waals surface area contributed by atoms with E-state index in [0.717, 1.165) is 96.3 Å². The molecule has 0 bridgehead atoms. The van der Waals surface area contributed by atoms with Crippen molar-refractivity contribution in [3.63, 3.8) is 0 Å². The molecule has 0 saturated heterocycles. The lowest BCUT2D eigenvalue weighted by Crippen LogP contribution is -2.30. The number of allylic oxidation sites excluding steroid dienone is 12. The van der Waals surface area contributed by atoms with E-state index < -0.39 is 6.10 Å². The van der Waals surface area contributed by atoms with Crippen LogP contribution in [0.1, 0.15) is 245 Å². The van der Waals surface area contributed by atoms with E-state index in [9.17, 15) is 14.4 Å². The molecule has 1 unspecified atom stereocenters. The van der Waals surface area contributed by atoms with Crippen LogP contribution >= 0.6 is 0 Å². The van der Waals surface area contributed by atoms with E-state index >= 15 is 0 Å². The lowest BCUT2D eigenvalue weighted by molar-refractivity contribution is -0.167. The molecule has 0 rings (SSSR count). The quantitative estimate of drug-likeness (QED) is 0.0262. The summed E-state index contributed by atoms with van der Waals surface area (Å²) in [6, 6.07) is 0. The second-order valence-electron chi connectivity index (χ2n) is 17.2. The molecule has 0 aromatic rings. The van der Waals surface area contributed by atoms with Crippen molar-refractivity contribution < 1.29 is 28.6 Å². The van der Waals surface area contributed by atoms with Gasteiger partial charge in [-0.1, -0.05) is 235 Å². The number of esters is 3. The van der Waals surface area contributed by atoms with Gasteiger partial charge in [0.05, 0.1) is 0 Å². The van der Waals surface area contributed by atoms with Gasteiger partial charge in [0, 0.05) is 19.3 Å². The maximum absolute atomic E-state index is 12.8. The van der Waals surface area contributed by atoms with E-state index in [2.05, 4.69) is 93.7 Å². The maximum atomic E-state index is 12.8. The monoisotopic (exact) mass is 865 g/mol. The average Bonchev–Trinajstić information content (AvgIpc) is 3.27. The minimum atomic E-state index is -0.793. The first kappa shape index (κ1) is 58.9. The van der Waals surface area contributed by atoms with Crippen LogP contribution < -0.4 is 0 Å². The molecule has 0 N–H and O–H groups in total. The molecule has 0 heterocycles. The van der Waals surface area contributed by atoms with Gasteiger partial charge in [0.2, 0.25) is 0 Å². The molecule has 0 aliphatic rings. The Balaban J connectivity index is 4.43. The first-order valence-corrected chi connectivity index (χ1v) is 26.0. The molecule has 0 aliphatic carbocycles. The fraction of sp³-hybridized carbons (Fsp3) is 0.732. The molecule has 0 aromatic carbocycles. The molecule has 0 radical (unpaired) electrons. The lowest BCUT2D eigenvalue weighted by Gasteiger charge is -2.18. The van der Waals surface area contributed by atoms with Gasteiger partial charge in [-0.3, -0.25) is 14.4 Å². The molecule has 6 nitrogen and oxygen atoms in total. The zero-order valence-corrected chi connectivity index (χ0v) is 40.6. The molecular formula is C56H96O6. The average molecular weight is 865 g/mol. The summed E-state index contributed by atoms with van der Waals surface area (Å²) in [5, 5.41) is 0. The van der Waals surface area contributed by atoms with Gasteiger partial charge in [-0.25, -0.2) is 0 Å². The Morgan fingerprint density at radius 1 is 0.323 bits per heavy atom. The molecule has 0 saturated carbocycles. The Hall–Kier alpha value is -3.15. The van der Waals surface area contributed by atoms with E-state index in [4.69, 9.17) is 14.2 Å². The molecule has 0 spiro atoms. The van der Waals surface area contributed by atoms with Crippen molar-refractivity contribution >= 4 is 17.9 Å². The summed E-state index contributed by atoms with van der Waals surface area (Å²) >= 11 is 0. The number of ether oxygens (including phenoxy) is 3. The Labute approximate surface area is 382 Å². The second-order valence-corrected chi connectivity index (χ2v) is 17.2. The van der Waals surface area contributed by atoms with Gasteiger partial charge in [-0.05, 0) is 64.2 Å². The standard InChI is InChI=1S/C56H96O6/c1-4-7-10-13-16-19-22-24-26-27-28-30-31-34-37-40-43-46-49-55(58)61-52-53(51-60-54(57)48-45-42-39-36-33-21-18-15-12-9-6-3)62-56(59)50-47-44-41-38-35-32-29-25-23-20-17-14-11-8-5-2/h15-16,18-19,21-22,24,26-28,30,33,53H,4-14,17,20,23,25,29,31-32,34-52H2,1-3H3/b18-15-,19-16-,24-22-,27-26-,30-28-,33-21-. The highest BCUT2D eigenvalue weighted by atomic mass is 16.6. The predicted octanol–water partition coefficient (Wildman–Crippen LogP) is 17.0. The number of carbonyl (C=O) groups excluding carboxylic acids is 3. The summed E-state index contributed by atoms with van der Waals surface area (Å²) in [7, 11) is 0. The van der Waals surface area contributed by atoms with Crippen LogP contribution in [0.5, 0.6) is 0 Å². The number of carbonyl (C=O) groups is 3. The van der Waals surface area contributed by atoms with Gasteiger partial charge in [-0.15, -0.1) is 0 Å². The molecule has 0 fully saturated rings. The van der Waals surface area contributed by atoms with E-state index in [1.54, 1.807) is 0 Å². The highest BCUT2D eigenvalue weighted by Gasteiger charge is 2.19. The van der Waals surface area contributed by atoms with E-state index in [1.807, 2.05) is 0 Å². The summed E-state index contributed by atoms with van der Waals surface area (Å²) < 4.78 is 16.7. The fourth-order valence-corrected chi connectivity index (χ4v) is 7.08. The normalized spacial score (nSPS) is 12.6. The van der Waals surface area contributed by atoms with Gasteiger partial charge in [0.15, 0.2) is 6.10 Å². The van der Waals surface area contributed by atoms with Gasteiger partial charge < -0.3 is 14.2 Å². The maximum Gasteiger partial charge on any atom is 0.306 e. The molecule has 0 aliphatic heterocycles. The van der Waals surface area contributed by atoms with Crippen molar-refractivity contribution in [2.75, 3.05) is 13.2 Å². The van der Waals surface area contributed by atoms with E-state index in [-0.39, 0.29) is 31.1 Å². The first-order chi connectivity index (χ1) is 30.5. The SMILES string of the molecule is CCCC/C=C\C=C/CCCCCC(=O)OCC(COC(=O)CCCCCCC\C=C/C=C\C=C/C=C\CCCCC)OC(=O)CCCCCCCCCCCCCCCCC. The van der Waals surface area contributed by atoms with E-state index in [0.29, 0.717) is 19.3 Å². The molecular weight excluding hydrogens is 769 g/mol. The van der Waals surface area contributed by atoms with Gasteiger partial charge >= 0.3 is 17.9 Å². The highest BCUT2D eigenvalue weighted by Crippen LogP contribution is 2.15. The van der Waals surface area contributed by atoms with Crippen LogP contribution in [0.2, 0.25) is 0 Å². The van der Waals surface area contributed by atoms with Crippen LogP contribution in [0.4, 0.5) is 0 Å². The van der Waals surface area contributed by atoms with Crippen LogP contribution in [0.3, 0.4) is 0 Å². The van der Waals surface area contributed by atoms with Crippen LogP contribution in [0, 0.1) is 0 Å². The Kier molecular flexibility index (Phi) is 47.9. The number of rotatable bonds is 46. The van der Waals surface area contributed by atoms with Gasteiger partial charge in [0.1, 0.15) is 13.2 Å². The van der Waals surface area contributed by atoms with Crippen molar-refractivity contribution in [1.82, 2.24) is 0 Å². The van der Waals surface area contributed by atoms with Crippen molar-refractivity contribution in [3.05, 3.63) is 72.9 Å². The molecule has 0 aromatic heterocycles. The summed E-state index contributed by atoms with van der Waals surface area (Å²) in [5.74, 6) is -0.940.